The summed E-state index contributed by atoms with van der Waals surface area (Å²) in [4.78, 5) is 16.9. The summed E-state index contributed by atoms with van der Waals surface area (Å²) in [6.45, 7) is 7.09. The molecule has 3 aliphatic rings. The molecule has 0 radical (unpaired) electrons. The number of hydrogen-bond donors (Lipinski definition) is 0. The van der Waals surface area contributed by atoms with Gasteiger partial charge in [-0.3, -0.25) is 9.69 Å². The van der Waals surface area contributed by atoms with Crippen molar-refractivity contribution in [2.75, 3.05) is 52.5 Å². The zero-order chi connectivity index (χ0) is 21.1. The van der Waals surface area contributed by atoms with Gasteiger partial charge in [-0.15, -0.1) is 0 Å². The zero-order valence-electron chi connectivity index (χ0n) is 17.9. The Balaban J connectivity index is 1.42. The molecule has 1 unspecified atom stereocenters. The molecule has 8 heteroatoms. The van der Waals surface area contributed by atoms with Crippen LogP contribution in [0.4, 0.5) is 0 Å². The monoisotopic (exact) mass is 435 g/mol. The third kappa shape index (κ3) is 4.72. The SMILES string of the molecule is CC(=O)N(CCN1CCOCC1)C1CCN(S(=O)(=O)c2ccc3c(c2)CCCC3)C1. The van der Waals surface area contributed by atoms with Gasteiger partial charge in [-0.1, -0.05) is 6.07 Å². The molecule has 1 aromatic carbocycles. The van der Waals surface area contributed by atoms with Gasteiger partial charge in [-0.25, -0.2) is 8.42 Å². The lowest BCUT2D eigenvalue weighted by atomic mass is 9.92. The van der Waals surface area contributed by atoms with Crippen LogP contribution in [0.5, 0.6) is 0 Å². The van der Waals surface area contributed by atoms with Gasteiger partial charge in [0.2, 0.25) is 15.9 Å². The van der Waals surface area contributed by atoms with Crippen LogP contribution in [-0.2, 0) is 32.4 Å². The minimum atomic E-state index is -3.53. The number of morpholine rings is 1. The van der Waals surface area contributed by atoms with Gasteiger partial charge in [0.25, 0.3) is 0 Å². The van der Waals surface area contributed by atoms with Crippen LogP contribution < -0.4 is 0 Å². The number of carbonyl (C=O) groups is 1. The van der Waals surface area contributed by atoms with Crippen molar-refractivity contribution in [1.82, 2.24) is 14.1 Å². The fourth-order valence-corrected chi connectivity index (χ4v) is 6.42. The van der Waals surface area contributed by atoms with Gasteiger partial charge < -0.3 is 9.64 Å². The fourth-order valence-electron chi connectivity index (χ4n) is 4.87. The average Bonchev–Trinajstić information content (AvgIpc) is 3.25. The standard InChI is InChI=1S/C22H33N3O4S/c1-18(26)25(11-10-23-12-14-29-15-13-23)21-8-9-24(17-21)30(27,28)22-7-6-19-4-2-3-5-20(19)16-22/h6-7,16,21H,2-5,8-15,17H2,1H3. The third-order valence-electron chi connectivity index (χ3n) is 6.69. The molecule has 2 fully saturated rings. The lowest BCUT2D eigenvalue weighted by Gasteiger charge is -2.32. The second kappa shape index (κ2) is 9.34. The minimum Gasteiger partial charge on any atom is -0.379 e. The molecule has 0 aromatic heterocycles. The number of benzene rings is 1. The first kappa shape index (κ1) is 21.7. The summed E-state index contributed by atoms with van der Waals surface area (Å²) < 4.78 is 33.5. The second-order valence-corrected chi connectivity index (χ2v) is 10.5. The van der Waals surface area contributed by atoms with Crippen LogP contribution in [-0.4, -0.2) is 87.0 Å². The van der Waals surface area contributed by atoms with Gasteiger partial charge in [0.15, 0.2) is 0 Å². The number of sulfonamides is 1. The highest BCUT2D eigenvalue weighted by Gasteiger charge is 2.36. The molecule has 7 nitrogen and oxygen atoms in total. The summed E-state index contributed by atoms with van der Waals surface area (Å²) in [6, 6.07) is 5.56. The van der Waals surface area contributed by atoms with E-state index in [0.29, 0.717) is 31.0 Å². The van der Waals surface area contributed by atoms with Crippen molar-refractivity contribution in [3.05, 3.63) is 29.3 Å². The number of amides is 1. The van der Waals surface area contributed by atoms with Crippen LogP contribution in [0.15, 0.2) is 23.1 Å². The van der Waals surface area contributed by atoms with Crippen LogP contribution in [0.3, 0.4) is 0 Å². The summed E-state index contributed by atoms with van der Waals surface area (Å²) in [7, 11) is -3.53. The van der Waals surface area contributed by atoms with E-state index in [4.69, 9.17) is 4.74 Å². The first-order valence-electron chi connectivity index (χ1n) is 11.1. The Morgan fingerprint density at radius 1 is 1.13 bits per heavy atom. The van der Waals surface area contributed by atoms with E-state index in [0.717, 1.165) is 52.1 Å². The van der Waals surface area contributed by atoms with E-state index < -0.39 is 10.0 Å². The number of ether oxygens (including phenoxy) is 1. The van der Waals surface area contributed by atoms with E-state index in [1.165, 1.54) is 17.5 Å². The zero-order valence-corrected chi connectivity index (χ0v) is 18.7. The molecular weight excluding hydrogens is 402 g/mol. The van der Waals surface area contributed by atoms with Crippen molar-refractivity contribution in [3.63, 3.8) is 0 Å². The van der Waals surface area contributed by atoms with Gasteiger partial charge in [-0.2, -0.15) is 4.31 Å². The number of rotatable bonds is 6. The smallest absolute Gasteiger partial charge is 0.243 e. The Morgan fingerprint density at radius 3 is 2.60 bits per heavy atom. The van der Waals surface area contributed by atoms with Gasteiger partial charge in [0.1, 0.15) is 0 Å². The Kier molecular flexibility index (Phi) is 6.77. The topological polar surface area (TPSA) is 70.2 Å². The number of nitrogens with zero attached hydrogens (tertiary/aromatic N) is 3. The highest BCUT2D eigenvalue weighted by molar-refractivity contribution is 7.89. The Bertz CT molecular complexity index is 867. The van der Waals surface area contributed by atoms with Crippen molar-refractivity contribution in [1.29, 1.82) is 0 Å². The largest absolute Gasteiger partial charge is 0.379 e. The molecule has 1 atom stereocenters. The van der Waals surface area contributed by atoms with E-state index in [1.54, 1.807) is 17.3 Å². The molecule has 2 saturated heterocycles. The molecular formula is C22H33N3O4S. The molecule has 1 aromatic rings. The van der Waals surface area contributed by atoms with E-state index >= 15 is 0 Å². The highest BCUT2D eigenvalue weighted by atomic mass is 32.2. The van der Waals surface area contributed by atoms with Crippen LogP contribution in [0, 0.1) is 0 Å². The van der Waals surface area contributed by atoms with E-state index in [1.807, 2.05) is 17.0 Å². The Morgan fingerprint density at radius 2 is 1.87 bits per heavy atom. The highest BCUT2D eigenvalue weighted by Crippen LogP contribution is 2.28. The van der Waals surface area contributed by atoms with Gasteiger partial charge in [-0.05, 0) is 55.4 Å². The number of aryl methyl sites for hydroxylation is 2. The number of fused-ring (bicyclic) bond motifs is 1. The minimum absolute atomic E-state index is 0.0151. The van der Waals surface area contributed by atoms with Gasteiger partial charge in [0, 0.05) is 52.2 Å². The number of hydrogen-bond acceptors (Lipinski definition) is 5. The summed E-state index contributed by atoms with van der Waals surface area (Å²) in [5, 5.41) is 0. The Hall–Kier alpha value is -1.48. The van der Waals surface area contributed by atoms with E-state index in [-0.39, 0.29) is 11.9 Å². The van der Waals surface area contributed by atoms with Crippen LogP contribution in [0.2, 0.25) is 0 Å². The summed E-state index contributed by atoms with van der Waals surface area (Å²) in [5.41, 5.74) is 2.46. The Labute approximate surface area is 180 Å². The van der Waals surface area contributed by atoms with Crippen molar-refractivity contribution in [2.24, 2.45) is 0 Å². The van der Waals surface area contributed by atoms with Crippen molar-refractivity contribution in [2.45, 2.75) is 50.0 Å². The lowest BCUT2D eigenvalue weighted by molar-refractivity contribution is -0.131. The fraction of sp³-hybridized carbons (Fsp3) is 0.682. The van der Waals surface area contributed by atoms with Gasteiger partial charge in [0.05, 0.1) is 18.1 Å². The quantitative estimate of drug-likeness (QED) is 0.678. The van der Waals surface area contributed by atoms with Crippen molar-refractivity contribution in [3.8, 4) is 0 Å². The molecule has 1 aliphatic carbocycles. The van der Waals surface area contributed by atoms with Crippen molar-refractivity contribution >= 4 is 15.9 Å². The predicted molar refractivity (Wildman–Crippen MR) is 115 cm³/mol. The molecule has 0 saturated carbocycles. The molecule has 1 amide bonds. The molecule has 166 valence electrons. The summed E-state index contributed by atoms with van der Waals surface area (Å²) in [6.07, 6.45) is 4.99. The average molecular weight is 436 g/mol. The second-order valence-electron chi connectivity index (χ2n) is 8.61. The molecule has 0 bridgehead atoms. The van der Waals surface area contributed by atoms with Crippen LogP contribution in [0.25, 0.3) is 0 Å². The number of carbonyl (C=O) groups excluding carboxylic acids is 1. The molecule has 0 spiro atoms. The molecule has 2 aliphatic heterocycles. The van der Waals surface area contributed by atoms with Gasteiger partial charge >= 0.3 is 0 Å². The maximum atomic E-state index is 13.3. The predicted octanol–water partition coefficient (Wildman–Crippen LogP) is 1.51. The first-order valence-corrected chi connectivity index (χ1v) is 12.6. The summed E-state index contributed by atoms with van der Waals surface area (Å²) in [5.74, 6) is 0.0151. The molecule has 4 rings (SSSR count). The molecule has 2 heterocycles. The van der Waals surface area contributed by atoms with Crippen LogP contribution >= 0.6 is 0 Å². The first-order chi connectivity index (χ1) is 14.4. The normalized spacial score (nSPS) is 23.3. The maximum Gasteiger partial charge on any atom is 0.243 e. The van der Waals surface area contributed by atoms with Crippen LogP contribution in [0.1, 0.15) is 37.3 Å². The molecule has 0 N–H and O–H groups in total. The molecule has 30 heavy (non-hydrogen) atoms. The third-order valence-corrected chi connectivity index (χ3v) is 8.55. The maximum absolute atomic E-state index is 13.3. The van der Waals surface area contributed by atoms with E-state index in [9.17, 15) is 13.2 Å². The lowest BCUT2D eigenvalue weighted by Crippen LogP contribution is -2.47. The van der Waals surface area contributed by atoms with E-state index in [2.05, 4.69) is 4.90 Å². The van der Waals surface area contributed by atoms with Crippen molar-refractivity contribution < 1.29 is 17.9 Å². The summed E-state index contributed by atoms with van der Waals surface area (Å²) >= 11 is 0.